The van der Waals surface area contributed by atoms with Crippen molar-refractivity contribution in [2.45, 2.75) is 20.8 Å². The molecule has 0 atom stereocenters. The van der Waals surface area contributed by atoms with Crippen LogP contribution in [-0.4, -0.2) is 67.2 Å². The Hall–Kier alpha value is -2.80. The van der Waals surface area contributed by atoms with E-state index < -0.39 is 5.97 Å². The molecular formula is C21H31N3O4. The third kappa shape index (κ3) is 6.13. The van der Waals surface area contributed by atoms with Gasteiger partial charge in [0.1, 0.15) is 12.0 Å². The van der Waals surface area contributed by atoms with Crippen LogP contribution in [0.2, 0.25) is 0 Å². The predicted molar refractivity (Wildman–Crippen MR) is 112 cm³/mol. The van der Waals surface area contributed by atoms with E-state index in [9.17, 15) is 14.7 Å². The summed E-state index contributed by atoms with van der Waals surface area (Å²) in [7, 11) is 3.24. The van der Waals surface area contributed by atoms with Gasteiger partial charge >= 0.3 is 5.97 Å². The minimum Gasteiger partial charge on any atom is -0.497 e. The number of rotatable bonds is 9. The van der Waals surface area contributed by atoms with Gasteiger partial charge in [-0.1, -0.05) is 20.8 Å². The van der Waals surface area contributed by atoms with E-state index in [1.54, 1.807) is 60.2 Å². The summed E-state index contributed by atoms with van der Waals surface area (Å²) in [6.45, 7) is 10.3. The van der Waals surface area contributed by atoms with Crippen LogP contribution >= 0.6 is 0 Å². The summed E-state index contributed by atoms with van der Waals surface area (Å²) in [5.74, 6) is -0.357. The number of nitrogens with zero attached hydrogens (tertiary/aromatic N) is 3. The molecule has 7 heteroatoms. The fourth-order valence-electron chi connectivity index (χ4n) is 2.78. The number of ether oxygens (including phenoxy) is 1. The highest BCUT2D eigenvalue weighted by molar-refractivity contribution is 5.94. The average molecular weight is 389 g/mol. The molecule has 0 bridgehead atoms. The molecule has 0 aliphatic rings. The van der Waals surface area contributed by atoms with Crippen molar-refractivity contribution in [3.05, 3.63) is 42.2 Å². The number of carboxylic acids is 1. The molecule has 0 aliphatic carbocycles. The number of hydrogen-bond donors (Lipinski definition) is 1. The first-order valence-electron chi connectivity index (χ1n) is 9.39. The second-order valence-corrected chi connectivity index (χ2v) is 6.09. The van der Waals surface area contributed by atoms with Crippen molar-refractivity contribution in [2.75, 3.05) is 45.2 Å². The molecule has 0 aliphatic heterocycles. The SMILES string of the molecule is CCN(CC)CC.COc1ccc(-n2ccc(N(C)CC=O)c2C(=O)O)cc1. The topological polar surface area (TPSA) is 75.0 Å². The van der Waals surface area contributed by atoms with Crippen LogP contribution in [0.15, 0.2) is 36.5 Å². The second-order valence-electron chi connectivity index (χ2n) is 6.09. The van der Waals surface area contributed by atoms with Gasteiger partial charge in [0.15, 0.2) is 5.69 Å². The fraction of sp³-hybridized carbons (Fsp3) is 0.429. The largest absolute Gasteiger partial charge is 0.497 e. The molecule has 1 heterocycles. The van der Waals surface area contributed by atoms with E-state index >= 15 is 0 Å². The highest BCUT2D eigenvalue weighted by atomic mass is 16.5. The van der Waals surface area contributed by atoms with Gasteiger partial charge in [-0.2, -0.15) is 0 Å². The Balaban J connectivity index is 0.000000480. The van der Waals surface area contributed by atoms with E-state index in [0.717, 1.165) is 6.29 Å². The van der Waals surface area contributed by atoms with Gasteiger partial charge in [0.2, 0.25) is 0 Å². The number of benzene rings is 1. The minimum absolute atomic E-state index is 0.115. The van der Waals surface area contributed by atoms with Gasteiger partial charge in [-0.05, 0) is 50.0 Å². The molecule has 0 amide bonds. The van der Waals surface area contributed by atoms with Crippen molar-refractivity contribution in [3.8, 4) is 11.4 Å². The highest BCUT2D eigenvalue weighted by Crippen LogP contribution is 2.25. The summed E-state index contributed by atoms with van der Waals surface area (Å²) in [5.41, 5.74) is 1.31. The van der Waals surface area contributed by atoms with E-state index in [-0.39, 0.29) is 12.2 Å². The number of hydrogen-bond acceptors (Lipinski definition) is 5. The number of aromatic carboxylic acids is 1. The summed E-state index contributed by atoms with van der Waals surface area (Å²) >= 11 is 0. The first-order chi connectivity index (χ1) is 13.4. The molecule has 2 rings (SSSR count). The maximum atomic E-state index is 11.5. The Morgan fingerprint density at radius 1 is 1.11 bits per heavy atom. The highest BCUT2D eigenvalue weighted by Gasteiger charge is 2.19. The third-order valence-electron chi connectivity index (χ3n) is 4.52. The zero-order valence-electron chi connectivity index (χ0n) is 17.4. The lowest BCUT2D eigenvalue weighted by Gasteiger charge is -2.16. The summed E-state index contributed by atoms with van der Waals surface area (Å²) < 4.78 is 6.65. The van der Waals surface area contributed by atoms with Crippen LogP contribution in [-0.2, 0) is 4.79 Å². The van der Waals surface area contributed by atoms with Gasteiger partial charge in [-0.15, -0.1) is 0 Å². The fourth-order valence-corrected chi connectivity index (χ4v) is 2.78. The molecule has 0 spiro atoms. The first-order valence-corrected chi connectivity index (χ1v) is 9.39. The zero-order valence-corrected chi connectivity index (χ0v) is 17.4. The minimum atomic E-state index is -1.05. The van der Waals surface area contributed by atoms with E-state index in [0.29, 0.717) is 17.1 Å². The average Bonchev–Trinajstić information content (AvgIpc) is 3.16. The van der Waals surface area contributed by atoms with Crippen molar-refractivity contribution in [3.63, 3.8) is 0 Å². The van der Waals surface area contributed by atoms with Crippen LogP contribution in [0.5, 0.6) is 5.75 Å². The van der Waals surface area contributed by atoms with Crippen LogP contribution in [0.4, 0.5) is 5.69 Å². The zero-order chi connectivity index (χ0) is 21.1. The van der Waals surface area contributed by atoms with Gasteiger partial charge in [-0.3, -0.25) is 0 Å². The number of carboxylic acid groups (broad SMARTS) is 1. The smallest absolute Gasteiger partial charge is 0.355 e. The van der Waals surface area contributed by atoms with Gasteiger partial charge in [-0.25, -0.2) is 4.79 Å². The molecule has 7 nitrogen and oxygen atoms in total. The molecular weight excluding hydrogens is 358 g/mol. The van der Waals surface area contributed by atoms with E-state index in [4.69, 9.17) is 4.74 Å². The van der Waals surface area contributed by atoms with E-state index in [2.05, 4.69) is 25.7 Å². The standard InChI is InChI=1S/C15H16N2O4.C6H15N/c1-16(9-10-18)13-7-8-17(14(13)15(19)20)11-3-5-12(21-2)6-4-11;1-4-7(5-2)6-3/h3-8,10H,9H2,1-2H3,(H,19,20);4-6H2,1-3H3. The third-order valence-corrected chi connectivity index (χ3v) is 4.52. The molecule has 2 aromatic rings. The Morgan fingerprint density at radius 2 is 1.68 bits per heavy atom. The number of carbonyl (C=O) groups is 2. The summed E-state index contributed by atoms with van der Waals surface area (Å²) in [6, 6.07) is 8.74. The van der Waals surface area contributed by atoms with Crippen LogP contribution in [0.3, 0.4) is 0 Å². The summed E-state index contributed by atoms with van der Waals surface area (Å²) in [4.78, 5) is 26.1. The van der Waals surface area contributed by atoms with Gasteiger partial charge in [0, 0.05) is 18.9 Å². The monoisotopic (exact) mass is 389 g/mol. The summed E-state index contributed by atoms with van der Waals surface area (Å²) in [6.07, 6.45) is 2.40. The molecule has 0 fully saturated rings. The Kier molecular flexibility index (Phi) is 9.81. The molecule has 28 heavy (non-hydrogen) atoms. The van der Waals surface area contributed by atoms with Crippen molar-refractivity contribution in [2.24, 2.45) is 0 Å². The predicted octanol–water partition coefficient (Wildman–Crippen LogP) is 3.17. The molecule has 0 saturated carbocycles. The number of aromatic nitrogens is 1. The number of carbonyl (C=O) groups excluding carboxylic acids is 1. The number of likely N-dealkylation sites (N-methyl/N-ethyl adjacent to an activating group) is 1. The van der Waals surface area contributed by atoms with Gasteiger partial charge in [0.05, 0.1) is 19.3 Å². The Bertz CT molecular complexity index is 731. The molecule has 1 aromatic heterocycles. The van der Waals surface area contributed by atoms with Gasteiger partial charge < -0.3 is 29.0 Å². The lowest BCUT2D eigenvalue weighted by molar-refractivity contribution is -0.106. The number of methoxy groups -OCH3 is 1. The van der Waals surface area contributed by atoms with Crippen molar-refractivity contribution in [1.82, 2.24) is 9.47 Å². The molecule has 1 aromatic carbocycles. The molecule has 0 unspecified atom stereocenters. The molecule has 1 N–H and O–H groups in total. The summed E-state index contributed by atoms with van der Waals surface area (Å²) in [5, 5.41) is 9.45. The molecule has 154 valence electrons. The number of anilines is 1. The maximum Gasteiger partial charge on any atom is 0.355 e. The van der Waals surface area contributed by atoms with E-state index in [1.807, 2.05) is 0 Å². The van der Waals surface area contributed by atoms with E-state index in [1.165, 1.54) is 19.6 Å². The van der Waals surface area contributed by atoms with Crippen LogP contribution in [0.1, 0.15) is 31.3 Å². The lowest BCUT2D eigenvalue weighted by Crippen LogP contribution is -2.22. The normalized spacial score (nSPS) is 10.2. The quantitative estimate of drug-likeness (QED) is 0.664. The Labute approximate surface area is 167 Å². The van der Waals surface area contributed by atoms with Gasteiger partial charge in [0.25, 0.3) is 0 Å². The second kappa shape index (κ2) is 11.8. The Morgan fingerprint density at radius 3 is 2.07 bits per heavy atom. The van der Waals surface area contributed by atoms with Crippen LogP contribution in [0, 0.1) is 0 Å². The lowest BCUT2D eigenvalue weighted by atomic mass is 10.2. The molecule has 0 saturated heterocycles. The first kappa shape index (κ1) is 23.2. The van der Waals surface area contributed by atoms with Crippen molar-refractivity contribution in [1.29, 1.82) is 0 Å². The molecule has 0 radical (unpaired) electrons. The van der Waals surface area contributed by atoms with Crippen LogP contribution < -0.4 is 9.64 Å². The van der Waals surface area contributed by atoms with Crippen molar-refractivity contribution >= 4 is 17.9 Å². The van der Waals surface area contributed by atoms with Crippen LogP contribution in [0.25, 0.3) is 5.69 Å². The van der Waals surface area contributed by atoms with Crippen molar-refractivity contribution < 1.29 is 19.4 Å². The number of aldehydes is 1. The maximum absolute atomic E-state index is 11.5.